The number of hydrogen-bond acceptors (Lipinski definition) is 5. The third kappa shape index (κ3) is 3.49. The molecule has 2 fully saturated rings. The van der Waals surface area contributed by atoms with Crippen LogP contribution in [0, 0.1) is 5.41 Å². The zero-order valence-electron chi connectivity index (χ0n) is 13.9. The molecular weight excluding hydrogens is 302 g/mol. The average molecular weight is 327 g/mol. The van der Waals surface area contributed by atoms with E-state index >= 15 is 0 Å². The lowest BCUT2D eigenvalue weighted by atomic mass is 9.60. The quantitative estimate of drug-likeness (QED) is 0.820. The first kappa shape index (κ1) is 17.7. The number of rotatable bonds is 3. The fourth-order valence-corrected chi connectivity index (χ4v) is 3.51. The summed E-state index contributed by atoms with van der Waals surface area (Å²) in [5.41, 5.74) is -2.92. The van der Waals surface area contributed by atoms with Crippen LogP contribution in [0.5, 0.6) is 0 Å². The molecule has 1 heterocycles. The van der Waals surface area contributed by atoms with E-state index in [1.165, 1.54) is 0 Å². The summed E-state index contributed by atoms with van der Waals surface area (Å²) in [6.45, 7) is 5.73. The Morgan fingerprint density at radius 2 is 1.83 bits per heavy atom. The molecule has 130 valence electrons. The van der Waals surface area contributed by atoms with Crippen molar-refractivity contribution < 1.29 is 29.0 Å². The van der Waals surface area contributed by atoms with Crippen LogP contribution in [0.15, 0.2) is 0 Å². The largest absolute Gasteiger partial charge is 0.481 e. The minimum Gasteiger partial charge on any atom is -0.481 e. The van der Waals surface area contributed by atoms with Crippen LogP contribution < -0.4 is 5.32 Å². The van der Waals surface area contributed by atoms with Crippen LogP contribution in [-0.4, -0.2) is 47.3 Å². The molecular formula is C16H25NO6. The Morgan fingerprint density at radius 1 is 1.22 bits per heavy atom. The van der Waals surface area contributed by atoms with Crippen molar-refractivity contribution in [3.05, 3.63) is 0 Å². The number of carbonyl (C=O) groups is 3. The van der Waals surface area contributed by atoms with Gasteiger partial charge in [-0.25, -0.2) is 4.79 Å². The van der Waals surface area contributed by atoms with E-state index in [4.69, 9.17) is 9.47 Å². The number of carboxylic acid groups (broad SMARTS) is 1. The van der Waals surface area contributed by atoms with Gasteiger partial charge in [0, 0.05) is 19.4 Å². The number of amides is 1. The monoisotopic (exact) mass is 327 g/mol. The predicted molar refractivity (Wildman–Crippen MR) is 81.1 cm³/mol. The molecule has 0 spiro atoms. The second-order valence-corrected chi connectivity index (χ2v) is 7.44. The smallest absolute Gasteiger partial charge is 0.408 e. The summed E-state index contributed by atoms with van der Waals surface area (Å²) < 4.78 is 10.7. The number of ether oxygens (including phenoxy) is 2. The van der Waals surface area contributed by atoms with Gasteiger partial charge in [0.15, 0.2) is 0 Å². The van der Waals surface area contributed by atoms with Crippen LogP contribution in [0.25, 0.3) is 0 Å². The van der Waals surface area contributed by atoms with E-state index in [9.17, 15) is 19.5 Å². The summed E-state index contributed by atoms with van der Waals surface area (Å²) in [4.78, 5) is 35.9. The third-order valence-electron chi connectivity index (χ3n) is 4.75. The van der Waals surface area contributed by atoms with Gasteiger partial charge in [0.2, 0.25) is 0 Å². The van der Waals surface area contributed by atoms with E-state index < -0.39 is 28.6 Å². The van der Waals surface area contributed by atoms with Crippen molar-refractivity contribution in [2.75, 3.05) is 13.2 Å². The Bertz CT molecular complexity index is 491. The maximum atomic E-state index is 12.2. The first-order chi connectivity index (χ1) is 10.6. The molecule has 1 atom stereocenters. The molecule has 2 rings (SSSR count). The van der Waals surface area contributed by atoms with Gasteiger partial charge in [-0.15, -0.1) is 0 Å². The van der Waals surface area contributed by atoms with E-state index in [-0.39, 0.29) is 38.1 Å². The first-order valence-electron chi connectivity index (χ1n) is 7.94. The minimum absolute atomic E-state index is 0.0632. The molecule has 7 nitrogen and oxygen atoms in total. The summed E-state index contributed by atoms with van der Waals surface area (Å²) in [6, 6.07) is 0. The number of aliphatic carboxylic acids is 1. The normalized spacial score (nSPS) is 27.5. The molecule has 0 radical (unpaired) electrons. The second kappa shape index (κ2) is 6.11. The Balaban J connectivity index is 2.29. The molecule has 1 unspecified atom stereocenters. The first-order valence-corrected chi connectivity index (χ1v) is 7.94. The Hall–Kier alpha value is -1.63. The molecule has 1 amide bonds. The SMILES string of the molecule is CC(C)(C)OC(=O)NC1(C2(C(=O)O)CCC(=O)CC2)CCOC1. The number of carbonyl (C=O) groups excluding carboxylic acids is 2. The van der Waals surface area contributed by atoms with E-state index in [1.807, 2.05) is 0 Å². The zero-order valence-corrected chi connectivity index (χ0v) is 13.9. The van der Waals surface area contributed by atoms with E-state index in [0.29, 0.717) is 13.0 Å². The number of Topliss-reactive ketones (excluding diaryl/α,β-unsaturated/α-hetero) is 1. The molecule has 2 aliphatic rings. The fraction of sp³-hybridized carbons (Fsp3) is 0.812. The van der Waals surface area contributed by atoms with Crippen LogP contribution in [-0.2, 0) is 19.1 Å². The van der Waals surface area contributed by atoms with Gasteiger partial charge in [-0.2, -0.15) is 0 Å². The Kier molecular flexibility index (Phi) is 4.71. The molecule has 0 bridgehead atoms. The van der Waals surface area contributed by atoms with Crippen molar-refractivity contribution in [3.8, 4) is 0 Å². The van der Waals surface area contributed by atoms with Gasteiger partial charge in [-0.05, 0) is 40.0 Å². The summed E-state index contributed by atoms with van der Waals surface area (Å²) in [5, 5.41) is 12.7. The summed E-state index contributed by atoms with van der Waals surface area (Å²) in [7, 11) is 0. The van der Waals surface area contributed by atoms with Gasteiger partial charge in [-0.3, -0.25) is 9.59 Å². The number of carboxylic acids is 1. The van der Waals surface area contributed by atoms with Crippen molar-refractivity contribution >= 4 is 17.8 Å². The summed E-state index contributed by atoms with van der Waals surface area (Å²) >= 11 is 0. The molecule has 1 saturated heterocycles. The van der Waals surface area contributed by atoms with Gasteiger partial charge in [0.05, 0.1) is 17.6 Å². The number of nitrogens with one attached hydrogen (secondary N) is 1. The average Bonchev–Trinajstić information content (AvgIpc) is 2.86. The van der Waals surface area contributed by atoms with Crippen molar-refractivity contribution in [3.63, 3.8) is 0 Å². The standard InChI is InChI=1S/C16H25NO6/c1-14(2,3)23-13(21)17-16(8-9-22-10-16)15(12(19)20)6-4-11(18)5-7-15/h4-10H2,1-3H3,(H,17,21)(H,19,20). The molecule has 7 heteroatoms. The van der Waals surface area contributed by atoms with Crippen molar-refractivity contribution in [2.24, 2.45) is 5.41 Å². The predicted octanol–water partition coefficient (Wildman–Crippen LogP) is 1.88. The molecule has 23 heavy (non-hydrogen) atoms. The van der Waals surface area contributed by atoms with Crippen LogP contribution in [0.4, 0.5) is 4.79 Å². The number of alkyl carbamates (subject to hydrolysis) is 1. The lowest BCUT2D eigenvalue weighted by molar-refractivity contribution is -0.159. The molecule has 0 aromatic rings. The molecule has 1 aliphatic carbocycles. The van der Waals surface area contributed by atoms with Crippen molar-refractivity contribution in [1.82, 2.24) is 5.32 Å². The highest BCUT2D eigenvalue weighted by molar-refractivity contribution is 5.85. The molecule has 2 N–H and O–H groups in total. The van der Waals surface area contributed by atoms with Crippen molar-refractivity contribution in [1.29, 1.82) is 0 Å². The van der Waals surface area contributed by atoms with E-state index in [2.05, 4.69) is 5.32 Å². The van der Waals surface area contributed by atoms with E-state index in [1.54, 1.807) is 20.8 Å². The van der Waals surface area contributed by atoms with Crippen LogP contribution in [0.1, 0.15) is 52.9 Å². The molecule has 0 aromatic carbocycles. The second-order valence-electron chi connectivity index (χ2n) is 7.44. The Morgan fingerprint density at radius 3 is 2.26 bits per heavy atom. The lowest BCUT2D eigenvalue weighted by Crippen LogP contribution is -2.65. The maximum Gasteiger partial charge on any atom is 0.408 e. The van der Waals surface area contributed by atoms with Crippen molar-refractivity contribution in [2.45, 2.75) is 64.0 Å². The molecule has 1 saturated carbocycles. The highest BCUT2D eigenvalue weighted by Crippen LogP contribution is 2.48. The topological polar surface area (TPSA) is 102 Å². The zero-order chi connectivity index (χ0) is 17.3. The van der Waals surface area contributed by atoms with Gasteiger partial charge >= 0.3 is 12.1 Å². The van der Waals surface area contributed by atoms with Crippen LogP contribution >= 0.6 is 0 Å². The van der Waals surface area contributed by atoms with Crippen LogP contribution in [0.3, 0.4) is 0 Å². The lowest BCUT2D eigenvalue weighted by Gasteiger charge is -2.47. The highest BCUT2D eigenvalue weighted by Gasteiger charge is 2.60. The molecule has 1 aliphatic heterocycles. The van der Waals surface area contributed by atoms with E-state index in [0.717, 1.165) is 0 Å². The summed E-state index contributed by atoms with van der Waals surface area (Å²) in [5.74, 6) is -0.931. The third-order valence-corrected chi connectivity index (χ3v) is 4.75. The Labute approximate surface area is 135 Å². The fourth-order valence-electron chi connectivity index (χ4n) is 3.51. The van der Waals surface area contributed by atoms with Gasteiger partial charge in [0.1, 0.15) is 11.4 Å². The molecule has 0 aromatic heterocycles. The van der Waals surface area contributed by atoms with Gasteiger partial charge in [0.25, 0.3) is 0 Å². The number of hydrogen-bond donors (Lipinski definition) is 2. The van der Waals surface area contributed by atoms with Crippen LogP contribution in [0.2, 0.25) is 0 Å². The van der Waals surface area contributed by atoms with Gasteiger partial charge in [-0.1, -0.05) is 0 Å². The minimum atomic E-state index is -1.20. The highest BCUT2D eigenvalue weighted by atomic mass is 16.6. The van der Waals surface area contributed by atoms with Gasteiger partial charge < -0.3 is 19.9 Å². The number of ketones is 1. The summed E-state index contributed by atoms with van der Waals surface area (Å²) in [6.07, 6.45) is 0.585. The maximum absolute atomic E-state index is 12.2.